The number of nitrogens with zero attached hydrogens (tertiary/aromatic N) is 1. The average molecular weight is 311 g/mol. The second-order valence-corrected chi connectivity index (χ2v) is 5.97. The summed E-state index contributed by atoms with van der Waals surface area (Å²) in [5.74, 6) is 0.0318. The van der Waals surface area contributed by atoms with E-state index in [2.05, 4.69) is 10.2 Å². The molecule has 116 valence electrons. The van der Waals surface area contributed by atoms with Crippen LogP contribution in [0.3, 0.4) is 0 Å². The first-order chi connectivity index (χ1) is 10.2. The number of carbonyl (C=O) groups excluding carboxylic acids is 1. The van der Waals surface area contributed by atoms with E-state index in [1.165, 1.54) is 0 Å². The molecule has 0 aromatic heterocycles. The fourth-order valence-electron chi connectivity index (χ4n) is 2.71. The third-order valence-corrected chi connectivity index (χ3v) is 4.21. The zero-order valence-electron chi connectivity index (χ0n) is 12.2. The molecule has 0 bridgehead atoms. The number of hydrogen-bond donors (Lipinski definition) is 2. The third-order valence-electron chi connectivity index (χ3n) is 3.96. The van der Waals surface area contributed by atoms with Crippen LogP contribution >= 0.6 is 11.6 Å². The van der Waals surface area contributed by atoms with Crippen LogP contribution in [-0.4, -0.2) is 48.2 Å². The Hall–Kier alpha value is -1.10. The highest BCUT2D eigenvalue weighted by atomic mass is 35.5. The standard InChI is InChI=1S/C16H23ClN2O2/c17-14-6-4-13(5-7-14)8-9-18-16(21)11-19-10-2-1-3-15(19)12-20/h4-7,15,20H,1-3,8-12H2,(H,18,21)/t15-/m1/s1. The first kappa shape index (κ1) is 16.3. The van der Waals surface area contributed by atoms with Gasteiger partial charge in [-0.2, -0.15) is 0 Å². The summed E-state index contributed by atoms with van der Waals surface area (Å²) < 4.78 is 0. The highest BCUT2D eigenvalue weighted by molar-refractivity contribution is 6.30. The van der Waals surface area contributed by atoms with Gasteiger partial charge in [-0.15, -0.1) is 0 Å². The number of amides is 1. The topological polar surface area (TPSA) is 52.6 Å². The molecular formula is C16H23ClN2O2. The lowest BCUT2D eigenvalue weighted by Gasteiger charge is -2.33. The Labute approximate surface area is 131 Å². The van der Waals surface area contributed by atoms with E-state index in [-0.39, 0.29) is 18.6 Å². The molecule has 0 saturated carbocycles. The van der Waals surface area contributed by atoms with Gasteiger partial charge in [0.2, 0.25) is 5.91 Å². The summed E-state index contributed by atoms with van der Waals surface area (Å²) in [6.45, 7) is 2.04. The van der Waals surface area contributed by atoms with Gasteiger partial charge in [-0.05, 0) is 43.5 Å². The molecule has 4 nitrogen and oxygen atoms in total. The highest BCUT2D eigenvalue weighted by Crippen LogP contribution is 2.15. The van der Waals surface area contributed by atoms with Crippen LogP contribution in [0.5, 0.6) is 0 Å². The second kappa shape index (κ2) is 8.37. The largest absolute Gasteiger partial charge is 0.395 e. The number of hydrogen-bond acceptors (Lipinski definition) is 3. The Bertz CT molecular complexity index is 450. The van der Waals surface area contributed by atoms with Gasteiger partial charge in [0.25, 0.3) is 0 Å². The molecule has 0 aliphatic carbocycles. The maximum Gasteiger partial charge on any atom is 0.234 e. The smallest absolute Gasteiger partial charge is 0.234 e. The van der Waals surface area contributed by atoms with Crippen LogP contribution in [-0.2, 0) is 11.2 Å². The molecule has 1 aliphatic heterocycles. The maximum atomic E-state index is 12.0. The van der Waals surface area contributed by atoms with Gasteiger partial charge < -0.3 is 10.4 Å². The molecular weight excluding hydrogens is 288 g/mol. The number of nitrogens with one attached hydrogen (secondary N) is 1. The second-order valence-electron chi connectivity index (χ2n) is 5.53. The van der Waals surface area contributed by atoms with Crippen molar-refractivity contribution < 1.29 is 9.90 Å². The SMILES string of the molecule is O=C(CN1CCCC[C@@H]1CO)NCCc1ccc(Cl)cc1. The lowest BCUT2D eigenvalue weighted by Crippen LogP contribution is -2.47. The monoisotopic (exact) mass is 310 g/mol. The average Bonchev–Trinajstić information content (AvgIpc) is 2.50. The summed E-state index contributed by atoms with van der Waals surface area (Å²) in [5.41, 5.74) is 1.16. The molecule has 1 amide bonds. The molecule has 1 saturated heterocycles. The van der Waals surface area contributed by atoms with Crippen molar-refractivity contribution in [1.29, 1.82) is 0 Å². The Morgan fingerprint density at radius 3 is 2.81 bits per heavy atom. The van der Waals surface area contributed by atoms with Gasteiger partial charge in [0.1, 0.15) is 0 Å². The molecule has 21 heavy (non-hydrogen) atoms. The number of aliphatic hydroxyl groups excluding tert-OH is 1. The van der Waals surface area contributed by atoms with Crippen molar-refractivity contribution in [3.63, 3.8) is 0 Å². The predicted molar refractivity (Wildman–Crippen MR) is 84.5 cm³/mol. The van der Waals surface area contributed by atoms with Crippen LogP contribution < -0.4 is 5.32 Å². The van der Waals surface area contributed by atoms with E-state index < -0.39 is 0 Å². The molecule has 1 aromatic rings. The minimum Gasteiger partial charge on any atom is -0.395 e. The molecule has 1 fully saturated rings. The summed E-state index contributed by atoms with van der Waals surface area (Å²) in [6.07, 6.45) is 4.02. The maximum absolute atomic E-state index is 12.0. The van der Waals surface area contributed by atoms with Crippen molar-refractivity contribution in [3.05, 3.63) is 34.9 Å². The Morgan fingerprint density at radius 1 is 1.33 bits per heavy atom. The van der Waals surface area contributed by atoms with Crippen LogP contribution in [0.1, 0.15) is 24.8 Å². The Kier molecular flexibility index (Phi) is 6.49. The van der Waals surface area contributed by atoms with Crippen molar-refractivity contribution in [1.82, 2.24) is 10.2 Å². The van der Waals surface area contributed by atoms with Crippen LogP contribution in [0.15, 0.2) is 24.3 Å². The van der Waals surface area contributed by atoms with Gasteiger partial charge in [-0.25, -0.2) is 0 Å². The summed E-state index contributed by atoms with van der Waals surface area (Å²) in [4.78, 5) is 14.0. The third kappa shape index (κ3) is 5.30. The van der Waals surface area contributed by atoms with Crippen LogP contribution in [0.4, 0.5) is 0 Å². The number of aliphatic hydroxyl groups is 1. The van der Waals surface area contributed by atoms with Gasteiger partial charge in [-0.1, -0.05) is 30.2 Å². The Morgan fingerprint density at radius 2 is 2.10 bits per heavy atom. The number of likely N-dealkylation sites (tertiary alicyclic amines) is 1. The van der Waals surface area contributed by atoms with Gasteiger partial charge in [0, 0.05) is 17.6 Å². The molecule has 5 heteroatoms. The van der Waals surface area contributed by atoms with Crippen molar-refractivity contribution in [2.24, 2.45) is 0 Å². The van der Waals surface area contributed by atoms with E-state index >= 15 is 0 Å². The molecule has 0 radical (unpaired) electrons. The zero-order valence-corrected chi connectivity index (χ0v) is 13.0. The molecule has 0 unspecified atom stereocenters. The molecule has 1 aromatic carbocycles. The van der Waals surface area contributed by atoms with E-state index in [1.807, 2.05) is 24.3 Å². The summed E-state index contributed by atoms with van der Waals surface area (Å²) in [6, 6.07) is 7.80. The van der Waals surface area contributed by atoms with Gasteiger partial charge in [0.15, 0.2) is 0 Å². The van der Waals surface area contributed by atoms with Crippen LogP contribution in [0.2, 0.25) is 5.02 Å². The molecule has 0 spiro atoms. The number of piperidine rings is 1. The molecule has 2 N–H and O–H groups in total. The minimum absolute atomic E-state index is 0.0318. The highest BCUT2D eigenvalue weighted by Gasteiger charge is 2.23. The quantitative estimate of drug-likeness (QED) is 0.843. The molecule has 1 heterocycles. The summed E-state index contributed by atoms with van der Waals surface area (Å²) in [5, 5.41) is 13.0. The van der Waals surface area contributed by atoms with Crippen molar-refractivity contribution >= 4 is 17.5 Å². The molecule has 2 rings (SSSR count). The summed E-state index contributed by atoms with van der Waals surface area (Å²) in [7, 11) is 0. The van der Waals surface area contributed by atoms with E-state index in [0.29, 0.717) is 13.1 Å². The molecule has 1 atom stereocenters. The first-order valence-corrected chi connectivity index (χ1v) is 7.93. The fraction of sp³-hybridized carbons (Fsp3) is 0.562. The van der Waals surface area contributed by atoms with Crippen LogP contribution in [0, 0.1) is 0 Å². The predicted octanol–water partition coefficient (Wildman–Crippen LogP) is 1.85. The van der Waals surface area contributed by atoms with Crippen molar-refractivity contribution in [3.8, 4) is 0 Å². The van der Waals surface area contributed by atoms with Gasteiger partial charge >= 0.3 is 0 Å². The lowest BCUT2D eigenvalue weighted by atomic mass is 10.0. The van der Waals surface area contributed by atoms with E-state index in [4.69, 9.17) is 11.6 Å². The minimum atomic E-state index is 0.0318. The number of halogens is 1. The van der Waals surface area contributed by atoms with E-state index in [0.717, 1.165) is 42.8 Å². The number of benzene rings is 1. The van der Waals surface area contributed by atoms with Crippen molar-refractivity contribution in [2.75, 3.05) is 26.2 Å². The first-order valence-electron chi connectivity index (χ1n) is 7.55. The normalized spacial score (nSPS) is 19.4. The molecule has 1 aliphatic rings. The zero-order chi connectivity index (χ0) is 15.1. The summed E-state index contributed by atoms with van der Waals surface area (Å²) >= 11 is 5.84. The lowest BCUT2D eigenvalue weighted by molar-refractivity contribution is -0.123. The van der Waals surface area contributed by atoms with Gasteiger partial charge in [0.05, 0.1) is 13.2 Å². The number of rotatable bonds is 6. The van der Waals surface area contributed by atoms with E-state index in [1.54, 1.807) is 0 Å². The van der Waals surface area contributed by atoms with Crippen LogP contribution in [0.25, 0.3) is 0 Å². The number of carbonyl (C=O) groups is 1. The van der Waals surface area contributed by atoms with Crippen molar-refractivity contribution in [2.45, 2.75) is 31.7 Å². The van der Waals surface area contributed by atoms with E-state index in [9.17, 15) is 9.90 Å². The Balaban J connectivity index is 1.70. The van der Waals surface area contributed by atoms with Gasteiger partial charge in [-0.3, -0.25) is 9.69 Å². The fourth-order valence-corrected chi connectivity index (χ4v) is 2.84.